The molecule has 0 saturated carbocycles. The van der Waals surface area contributed by atoms with E-state index in [1.807, 2.05) is 0 Å². The maximum absolute atomic E-state index is 13.1. The minimum Gasteiger partial charge on any atom is -0.495 e. The number of hydrogen-bond donors (Lipinski definition) is 3. The molecule has 11 nitrogen and oxygen atoms in total. The van der Waals surface area contributed by atoms with Crippen molar-refractivity contribution in [2.45, 2.75) is 11.3 Å². The number of aromatic carboxylic acids is 1. The van der Waals surface area contributed by atoms with Crippen LogP contribution in [0.1, 0.15) is 15.9 Å². The molecule has 0 bridgehead atoms. The van der Waals surface area contributed by atoms with E-state index in [0.29, 0.717) is 23.6 Å². The van der Waals surface area contributed by atoms with Crippen LogP contribution in [-0.4, -0.2) is 43.3 Å². The Labute approximate surface area is 216 Å². The van der Waals surface area contributed by atoms with Gasteiger partial charge in [0.15, 0.2) is 5.82 Å². The first-order chi connectivity index (χ1) is 17.6. The number of nitrogens with one attached hydrogen (secondary N) is 1. The molecule has 0 unspecified atom stereocenters. The summed E-state index contributed by atoms with van der Waals surface area (Å²) in [7, 11) is -2.55. The third-order valence-corrected chi connectivity index (χ3v) is 7.57. The van der Waals surface area contributed by atoms with E-state index < -0.39 is 21.7 Å². The number of ether oxygens (including phenoxy) is 1. The number of H-pyrrole nitrogens is 1. The summed E-state index contributed by atoms with van der Waals surface area (Å²) in [6.45, 7) is 0.233. The van der Waals surface area contributed by atoms with Crippen molar-refractivity contribution in [3.63, 3.8) is 0 Å². The largest absolute Gasteiger partial charge is 0.495 e. The number of benzene rings is 3. The molecule has 0 radical (unpaired) electrons. The molecule has 0 fully saturated rings. The van der Waals surface area contributed by atoms with Gasteiger partial charge in [-0.05, 0) is 66.6 Å². The normalized spacial score (nSPS) is 12.4. The summed E-state index contributed by atoms with van der Waals surface area (Å²) in [6.07, 6.45) is 0.511. The van der Waals surface area contributed by atoms with Crippen LogP contribution in [0.4, 0.5) is 11.4 Å². The Morgan fingerprint density at radius 3 is 2.51 bits per heavy atom. The second kappa shape index (κ2) is 10.4. The number of nitrogen functional groups attached to an aromatic ring is 1. The third-order valence-electron chi connectivity index (χ3n) is 5.50. The number of sulfonamides is 1. The molecular formula is C24H21ClN4O7S. The van der Waals surface area contributed by atoms with Gasteiger partial charge in [0.1, 0.15) is 10.6 Å². The Bertz CT molecular complexity index is 1610. The molecule has 192 valence electrons. The van der Waals surface area contributed by atoms with Crippen molar-refractivity contribution in [3.8, 4) is 17.1 Å². The highest BCUT2D eigenvalue weighted by atomic mass is 35.5. The lowest BCUT2D eigenvalue weighted by Crippen LogP contribution is -2.29. The zero-order valence-corrected chi connectivity index (χ0v) is 20.9. The van der Waals surface area contributed by atoms with Gasteiger partial charge < -0.3 is 15.6 Å². The molecule has 5 rings (SSSR count). The second-order valence-corrected chi connectivity index (χ2v) is 10.1. The molecule has 0 saturated heterocycles. The monoisotopic (exact) mass is 544 g/mol. The number of fused-ring (bicyclic) bond motifs is 1. The van der Waals surface area contributed by atoms with Crippen LogP contribution in [0.15, 0.2) is 74.9 Å². The van der Waals surface area contributed by atoms with Crippen LogP contribution in [0.5, 0.6) is 5.75 Å². The number of carboxylic acids is 1. The Hall–Kier alpha value is -4.29. The van der Waals surface area contributed by atoms with Crippen LogP contribution in [0.25, 0.3) is 11.4 Å². The molecule has 13 heteroatoms. The molecule has 4 aromatic rings. The first kappa shape index (κ1) is 25.8. The van der Waals surface area contributed by atoms with Crippen molar-refractivity contribution in [3.05, 3.63) is 87.4 Å². The van der Waals surface area contributed by atoms with Gasteiger partial charge in [-0.15, -0.1) is 0 Å². The van der Waals surface area contributed by atoms with Crippen molar-refractivity contribution in [1.82, 2.24) is 10.1 Å². The summed E-state index contributed by atoms with van der Waals surface area (Å²) < 4.78 is 36.8. The Balaban J connectivity index is 0.000000207. The van der Waals surface area contributed by atoms with Gasteiger partial charge in [0.25, 0.3) is 10.0 Å². The number of aromatic amines is 1. The minimum absolute atomic E-state index is 0.0360. The summed E-state index contributed by atoms with van der Waals surface area (Å²) >= 11 is 5.94. The molecule has 2 heterocycles. The molecule has 0 aliphatic carbocycles. The highest BCUT2D eigenvalue weighted by Gasteiger charge is 2.33. The zero-order valence-electron chi connectivity index (χ0n) is 19.3. The van der Waals surface area contributed by atoms with Crippen LogP contribution in [0.3, 0.4) is 0 Å². The number of aromatic nitrogens is 2. The van der Waals surface area contributed by atoms with Crippen molar-refractivity contribution in [1.29, 1.82) is 0 Å². The van der Waals surface area contributed by atoms with Gasteiger partial charge in [-0.1, -0.05) is 22.8 Å². The number of carboxylic acid groups (broad SMARTS) is 1. The lowest BCUT2D eigenvalue weighted by molar-refractivity contribution is 0.0697. The molecule has 1 aromatic heterocycles. The van der Waals surface area contributed by atoms with Gasteiger partial charge in [0, 0.05) is 22.8 Å². The Morgan fingerprint density at radius 1 is 1.16 bits per heavy atom. The van der Waals surface area contributed by atoms with Crippen LogP contribution < -0.4 is 20.5 Å². The highest BCUT2D eigenvalue weighted by Crippen LogP contribution is 2.37. The fraction of sp³-hybridized carbons (Fsp3) is 0.125. The molecule has 0 amide bonds. The average Bonchev–Trinajstić information content (AvgIpc) is 3.51. The number of nitrogens with zero attached hydrogens (tertiary/aromatic N) is 2. The highest BCUT2D eigenvalue weighted by molar-refractivity contribution is 7.93. The maximum atomic E-state index is 13.1. The van der Waals surface area contributed by atoms with Gasteiger partial charge in [-0.3, -0.25) is 13.8 Å². The van der Waals surface area contributed by atoms with Crippen molar-refractivity contribution in [2.75, 3.05) is 23.7 Å². The van der Waals surface area contributed by atoms with E-state index in [-0.39, 0.29) is 27.8 Å². The van der Waals surface area contributed by atoms with E-state index >= 15 is 0 Å². The molecular weight excluding hydrogens is 524 g/mol. The van der Waals surface area contributed by atoms with E-state index in [2.05, 4.69) is 14.7 Å². The summed E-state index contributed by atoms with van der Waals surface area (Å²) in [5.74, 6) is -1.08. The Morgan fingerprint density at radius 2 is 1.89 bits per heavy atom. The van der Waals surface area contributed by atoms with Crippen LogP contribution >= 0.6 is 11.6 Å². The topological polar surface area (TPSA) is 169 Å². The quantitative estimate of drug-likeness (QED) is 0.319. The summed E-state index contributed by atoms with van der Waals surface area (Å²) in [5.41, 5.74) is 8.11. The van der Waals surface area contributed by atoms with E-state index in [1.54, 1.807) is 36.4 Å². The van der Waals surface area contributed by atoms with Gasteiger partial charge in [-0.2, -0.15) is 0 Å². The first-order valence-corrected chi connectivity index (χ1v) is 12.6. The van der Waals surface area contributed by atoms with Crippen LogP contribution in [0.2, 0.25) is 5.02 Å². The number of anilines is 2. The van der Waals surface area contributed by atoms with Gasteiger partial charge in [-0.25, -0.2) is 18.0 Å². The van der Waals surface area contributed by atoms with E-state index in [4.69, 9.17) is 27.2 Å². The molecule has 0 spiro atoms. The second-order valence-electron chi connectivity index (χ2n) is 7.84. The number of methoxy groups -OCH3 is 1. The molecule has 0 atom stereocenters. The van der Waals surface area contributed by atoms with Crippen molar-refractivity contribution in [2.24, 2.45) is 0 Å². The zero-order chi connectivity index (χ0) is 26.7. The lowest BCUT2D eigenvalue weighted by atomic mass is 10.1. The summed E-state index contributed by atoms with van der Waals surface area (Å²) in [6, 6.07) is 15.8. The number of nitrogens with two attached hydrogens (primary N) is 1. The van der Waals surface area contributed by atoms with Gasteiger partial charge in [0.2, 0.25) is 0 Å². The molecule has 3 aromatic carbocycles. The summed E-state index contributed by atoms with van der Waals surface area (Å²) in [4.78, 5) is 24.2. The fourth-order valence-corrected chi connectivity index (χ4v) is 5.61. The number of carbonyl (C=O) groups is 1. The van der Waals surface area contributed by atoms with E-state index in [1.165, 1.54) is 35.7 Å². The van der Waals surface area contributed by atoms with E-state index in [0.717, 1.165) is 11.1 Å². The lowest BCUT2D eigenvalue weighted by Gasteiger charge is -2.21. The fourth-order valence-electron chi connectivity index (χ4n) is 3.70. The van der Waals surface area contributed by atoms with Crippen LogP contribution in [0, 0.1) is 0 Å². The molecule has 1 aliphatic heterocycles. The Kier molecular flexibility index (Phi) is 7.23. The molecule has 4 N–H and O–H groups in total. The predicted molar refractivity (Wildman–Crippen MR) is 137 cm³/mol. The molecule has 1 aliphatic rings. The summed E-state index contributed by atoms with van der Waals surface area (Å²) in [5, 5.41) is 12.9. The first-order valence-electron chi connectivity index (χ1n) is 10.7. The third kappa shape index (κ3) is 5.44. The standard InChI is InChI=1S/C16H14ClNO5S.C8H7N3O2/c1-23-14-5-4-12(17)9-15(14)24(21,22)18-7-6-10-2-3-11(16(19)20)8-13(10)18;9-6-3-1-5(2-4-6)7-10-8(12)13-11-7/h2-5,8-9H,6-7H2,1H3,(H,19,20);1-4H,9H2,(H,10,11,12). The number of halogens is 1. The van der Waals surface area contributed by atoms with Crippen molar-refractivity contribution < 1.29 is 27.6 Å². The van der Waals surface area contributed by atoms with Gasteiger partial charge in [0.05, 0.1) is 18.4 Å². The van der Waals surface area contributed by atoms with Crippen molar-refractivity contribution >= 4 is 39.0 Å². The molecule has 37 heavy (non-hydrogen) atoms. The SMILES string of the molecule is COc1ccc(Cl)cc1S(=O)(=O)N1CCc2ccc(C(=O)O)cc21.Nc1ccc(-c2noc(=O)[nH]2)cc1. The number of hydrogen-bond acceptors (Lipinski definition) is 8. The predicted octanol–water partition coefficient (Wildman–Crippen LogP) is 3.41. The van der Waals surface area contributed by atoms with E-state index in [9.17, 15) is 18.0 Å². The van der Waals surface area contributed by atoms with Gasteiger partial charge >= 0.3 is 11.7 Å². The average molecular weight is 545 g/mol. The van der Waals surface area contributed by atoms with Crippen LogP contribution in [-0.2, 0) is 16.4 Å². The number of rotatable bonds is 5. The maximum Gasteiger partial charge on any atom is 0.439 e. The smallest absolute Gasteiger partial charge is 0.439 e. The minimum atomic E-state index is -3.93.